The van der Waals surface area contributed by atoms with Crippen LogP contribution in [-0.2, 0) is 13.1 Å². The van der Waals surface area contributed by atoms with E-state index in [-0.39, 0.29) is 0 Å². The zero-order valence-corrected chi connectivity index (χ0v) is 19.1. The number of hydrogen-bond acceptors (Lipinski definition) is 2. The number of hydrogen-bond donors (Lipinski definition) is 2. The molecule has 0 unspecified atom stereocenters. The number of nitrogens with zero attached hydrogens (tertiary/aromatic N) is 2. The molecule has 166 valence electrons. The average molecular weight is 445 g/mol. The van der Waals surface area contributed by atoms with Gasteiger partial charge in [0.05, 0.1) is 11.4 Å². The number of allylic oxidation sites excluding steroid dienone is 2. The van der Waals surface area contributed by atoms with Gasteiger partial charge in [0.2, 0.25) is 0 Å². The Morgan fingerprint density at radius 2 is 1.12 bits per heavy atom. The van der Waals surface area contributed by atoms with Crippen molar-refractivity contribution in [2.45, 2.75) is 13.1 Å². The van der Waals surface area contributed by atoms with Gasteiger partial charge in [-0.2, -0.15) is 9.13 Å². The largest absolute Gasteiger partial charge is 0.376 e. The van der Waals surface area contributed by atoms with Crippen LogP contribution in [0, 0.1) is 0 Å². The van der Waals surface area contributed by atoms with Crippen LogP contribution in [0.1, 0.15) is 11.1 Å². The molecule has 2 aliphatic rings. The molecule has 0 radical (unpaired) electrons. The lowest BCUT2D eigenvalue weighted by Crippen LogP contribution is -2.37. The molecule has 2 aromatic heterocycles. The normalized spacial score (nSPS) is 13.3. The van der Waals surface area contributed by atoms with Crippen LogP contribution in [0.25, 0.3) is 0 Å². The average Bonchev–Trinajstić information content (AvgIpc) is 3.58. The topological polar surface area (TPSA) is 31.8 Å². The standard InChI is InChI=1S/C30H28N4/c1-2-10-25(9-1)19-31-29-15-7-17-33(23-29)21-27-13-5-6-14-28(27)22-34-18-8-16-30(24-34)32-20-26-11-3-4-12-26/h1-9,11,13-18,23-24,31-32H,19-22H2/q+2. The van der Waals surface area contributed by atoms with E-state index in [9.17, 15) is 0 Å². The zero-order valence-electron chi connectivity index (χ0n) is 19.1. The van der Waals surface area contributed by atoms with Crippen molar-refractivity contribution in [2.24, 2.45) is 0 Å². The van der Waals surface area contributed by atoms with E-state index >= 15 is 0 Å². The molecule has 3 aromatic rings. The van der Waals surface area contributed by atoms with Crippen molar-refractivity contribution >= 4 is 11.4 Å². The van der Waals surface area contributed by atoms with E-state index in [0.29, 0.717) is 0 Å². The SMILES string of the molecule is C1=CC=CC=1CNc1ccc[n+](Cc2ccccc2C[n+]2cccc(NCC3=C=CC=C3)c2)c1. The summed E-state index contributed by atoms with van der Waals surface area (Å²) in [6, 6.07) is 17.1. The zero-order chi connectivity index (χ0) is 23.0. The summed E-state index contributed by atoms with van der Waals surface area (Å²) in [6.07, 6.45) is 20.7. The van der Waals surface area contributed by atoms with Crippen LogP contribution in [0.5, 0.6) is 0 Å². The van der Waals surface area contributed by atoms with E-state index < -0.39 is 0 Å². The van der Waals surface area contributed by atoms with Gasteiger partial charge in [0.25, 0.3) is 0 Å². The molecule has 5 rings (SSSR count). The van der Waals surface area contributed by atoms with Crippen LogP contribution in [0.15, 0.2) is 132 Å². The monoisotopic (exact) mass is 444 g/mol. The van der Waals surface area contributed by atoms with Gasteiger partial charge in [-0.05, 0) is 36.4 Å². The lowest BCUT2D eigenvalue weighted by Gasteiger charge is -2.08. The molecular formula is C30H28N4+2. The van der Waals surface area contributed by atoms with Crippen molar-refractivity contribution < 1.29 is 9.13 Å². The van der Waals surface area contributed by atoms with Gasteiger partial charge in [0.15, 0.2) is 37.9 Å². The third-order valence-corrected chi connectivity index (χ3v) is 5.83. The molecule has 2 heterocycles. The Labute approximate surface area is 200 Å². The first-order valence-electron chi connectivity index (χ1n) is 11.6. The van der Waals surface area contributed by atoms with Crippen molar-refractivity contribution in [3.63, 3.8) is 0 Å². The van der Waals surface area contributed by atoms with Gasteiger partial charge in [-0.15, -0.1) is 11.5 Å². The van der Waals surface area contributed by atoms with Gasteiger partial charge in [0, 0.05) is 47.5 Å². The first-order valence-corrected chi connectivity index (χ1v) is 11.6. The molecule has 0 fully saturated rings. The first-order chi connectivity index (χ1) is 16.8. The summed E-state index contributed by atoms with van der Waals surface area (Å²) in [6.45, 7) is 3.19. The summed E-state index contributed by atoms with van der Waals surface area (Å²) in [5.41, 5.74) is 13.6. The maximum absolute atomic E-state index is 3.49. The summed E-state index contributed by atoms with van der Waals surface area (Å²) in [7, 11) is 0. The van der Waals surface area contributed by atoms with Crippen LogP contribution in [0.4, 0.5) is 11.4 Å². The van der Waals surface area contributed by atoms with Crippen LogP contribution in [0.2, 0.25) is 0 Å². The molecule has 4 nitrogen and oxygen atoms in total. The smallest absolute Gasteiger partial charge is 0.192 e. The fraction of sp³-hybridized carbons (Fsp3) is 0.133. The number of pyridine rings is 2. The molecule has 0 aliphatic heterocycles. The third kappa shape index (κ3) is 5.70. The Morgan fingerprint density at radius 3 is 1.56 bits per heavy atom. The summed E-state index contributed by atoms with van der Waals surface area (Å²) >= 11 is 0. The fourth-order valence-corrected chi connectivity index (χ4v) is 4.06. The second kappa shape index (κ2) is 10.5. The third-order valence-electron chi connectivity index (χ3n) is 5.83. The van der Waals surface area contributed by atoms with Gasteiger partial charge < -0.3 is 10.6 Å². The summed E-state index contributed by atoms with van der Waals surface area (Å²) in [5, 5.41) is 6.98. The fourth-order valence-electron chi connectivity index (χ4n) is 4.06. The molecule has 0 atom stereocenters. The maximum Gasteiger partial charge on any atom is 0.192 e. The Hall–Kier alpha value is -4.36. The maximum atomic E-state index is 3.49. The van der Waals surface area contributed by atoms with Crippen LogP contribution >= 0.6 is 0 Å². The lowest BCUT2D eigenvalue weighted by atomic mass is 10.1. The quantitative estimate of drug-likeness (QED) is 0.357. The van der Waals surface area contributed by atoms with Crippen molar-refractivity contribution in [1.82, 2.24) is 0 Å². The number of anilines is 2. The van der Waals surface area contributed by atoms with Crippen molar-refractivity contribution in [1.29, 1.82) is 0 Å². The van der Waals surface area contributed by atoms with E-state index in [1.54, 1.807) is 0 Å². The number of aromatic nitrogens is 2. The highest BCUT2D eigenvalue weighted by Crippen LogP contribution is 2.12. The molecule has 0 bridgehead atoms. The summed E-state index contributed by atoms with van der Waals surface area (Å²) in [4.78, 5) is 0. The van der Waals surface area contributed by atoms with Gasteiger partial charge >= 0.3 is 0 Å². The Bertz CT molecular complexity index is 1270. The van der Waals surface area contributed by atoms with Crippen molar-refractivity contribution in [3.05, 3.63) is 144 Å². The molecule has 2 aliphatic carbocycles. The van der Waals surface area contributed by atoms with Crippen LogP contribution in [-0.4, -0.2) is 13.1 Å². The number of benzene rings is 1. The molecule has 1 aromatic carbocycles. The molecular weight excluding hydrogens is 416 g/mol. The predicted octanol–water partition coefficient (Wildman–Crippen LogP) is 4.48. The van der Waals surface area contributed by atoms with Crippen LogP contribution < -0.4 is 19.8 Å². The molecule has 0 spiro atoms. The molecule has 0 amide bonds. The Balaban J connectivity index is 1.26. The van der Waals surface area contributed by atoms with Crippen molar-refractivity contribution in [3.8, 4) is 0 Å². The summed E-state index contributed by atoms with van der Waals surface area (Å²) < 4.78 is 4.46. The minimum absolute atomic E-state index is 0.776. The highest BCUT2D eigenvalue weighted by molar-refractivity contribution is 5.43. The Morgan fingerprint density at radius 1 is 0.618 bits per heavy atom. The first kappa shape index (κ1) is 21.5. The van der Waals surface area contributed by atoms with E-state index in [1.807, 2.05) is 24.3 Å². The Kier molecular flexibility index (Phi) is 6.64. The van der Waals surface area contributed by atoms with E-state index in [1.165, 1.54) is 22.3 Å². The number of rotatable bonds is 10. The molecule has 2 N–H and O–H groups in total. The molecule has 0 saturated heterocycles. The molecule has 4 heteroatoms. The van der Waals surface area contributed by atoms with Gasteiger partial charge in [-0.3, -0.25) is 0 Å². The van der Waals surface area contributed by atoms with E-state index in [2.05, 4.69) is 117 Å². The van der Waals surface area contributed by atoms with Gasteiger partial charge in [-0.25, -0.2) is 0 Å². The van der Waals surface area contributed by atoms with Gasteiger partial charge in [0.1, 0.15) is 0 Å². The lowest BCUT2D eigenvalue weighted by molar-refractivity contribution is -0.692. The highest BCUT2D eigenvalue weighted by atomic mass is 15.0. The predicted molar refractivity (Wildman–Crippen MR) is 136 cm³/mol. The summed E-state index contributed by atoms with van der Waals surface area (Å²) in [5.74, 6) is 0. The molecule has 34 heavy (non-hydrogen) atoms. The van der Waals surface area contributed by atoms with E-state index in [4.69, 9.17) is 0 Å². The minimum Gasteiger partial charge on any atom is -0.376 e. The molecule has 0 saturated carbocycles. The second-order valence-corrected chi connectivity index (χ2v) is 8.40. The van der Waals surface area contributed by atoms with Gasteiger partial charge in [-0.1, -0.05) is 36.4 Å². The van der Waals surface area contributed by atoms with Crippen LogP contribution in [0.3, 0.4) is 0 Å². The number of nitrogens with one attached hydrogen (secondary N) is 2. The minimum atomic E-state index is 0.776. The highest BCUT2D eigenvalue weighted by Gasteiger charge is 2.13. The second-order valence-electron chi connectivity index (χ2n) is 8.40. The van der Waals surface area contributed by atoms with E-state index in [0.717, 1.165) is 37.6 Å². The van der Waals surface area contributed by atoms with Crippen molar-refractivity contribution in [2.75, 3.05) is 23.7 Å².